The highest BCUT2D eigenvalue weighted by atomic mass is 79.9. The highest BCUT2D eigenvalue weighted by Gasteiger charge is 2.19. The maximum atomic E-state index is 12.2. The summed E-state index contributed by atoms with van der Waals surface area (Å²) < 4.78 is 10.8. The monoisotopic (exact) mass is 358 g/mol. The van der Waals surface area contributed by atoms with E-state index in [4.69, 9.17) is 14.7 Å². The summed E-state index contributed by atoms with van der Waals surface area (Å²) in [6.45, 7) is 1.92. The number of methoxy groups -OCH3 is 2. The predicted octanol–water partition coefficient (Wildman–Crippen LogP) is 2.80. The number of thioether (sulfide) groups is 1. The topological polar surface area (TPSA) is 71.4 Å². The highest BCUT2D eigenvalue weighted by molar-refractivity contribution is 9.10. The summed E-state index contributed by atoms with van der Waals surface area (Å²) in [7, 11) is 3.02. The Morgan fingerprint density at radius 2 is 2.20 bits per heavy atom. The van der Waals surface area contributed by atoms with Gasteiger partial charge >= 0.3 is 0 Å². The molecule has 1 N–H and O–H groups in total. The van der Waals surface area contributed by atoms with Crippen molar-refractivity contribution in [2.75, 3.05) is 20.0 Å². The lowest BCUT2D eigenvalue weighted by atomic mass is 10.2. The largest absolute Gasteiger partial charge is 0.497 e. The molecule has 1 atom stereocenters. The number of hydrogen-bond donors (Lipinski definition) is 1. The Labute approximate surface area is 130 Å². The number of rotatable bonds is 6. The number of nitrogens with one attached hydrogen (secondary N) is 1. The van der Waals surface area contributed by atoms with Crippen LogP contribution in [0.5, 0.6) is 11.5 Å². The molecule has 0 aliphatic rings. The first kappa shape index (κ1) is 16.7. The van der Waals surface area contributed by atoms with Crippen LogP contribution >= 0.6 is 27.7 Å². The van der Waals surface area contributed by atoms with Crippen LogP contribution in [-0.4, -0.2) is 31.3 Å². The molecule has 0 fully saturated rings. The van der Waals surface area contributed by atoms with Crippen LogP contribution in [-0.2, 0) is 0 Å². The summed E-state index contributed by atoms with van der Waals surface area (Å²) in [5.41, 5.74) is 0.359. The maximum Gasteiger partial charge on any atom is 0.254 e. The van der Waals surface area contributed by atoms with E-state index in [-0.39, 0.29) is 5.91 Å². The van der Waals surface area contributed by atoms with Gasteiger partial charge in [-0.05, 0) is 27.7 Å². The van der Waals surface area contributed by atoms with Crippen LogP contribution in [0.4, 0.5) is 0 Å². The Kier molecular flexibility index (Phi) is 6.68. The van der Waals surface area contributed by atoms with E-state index >= 15 is 0 Å². The average molecular weight is 359 g/mol. The third-order valence-corrected chi connectivity index (χ3v) is 4.13. The minimum absolute atomic E-state index is 0.359. The number of carbonyl (C=O) groups excluding carboxylic acids is 1. The third kappa shape index (κ3) is 4.05. The summed E-state index contributed by atoms with van der Waals surface area (Å²) in [5.74, 6) is 1.38. The molecule has 0 saturated heterocycles. The van der Waals surface area contributed by atoms with Crippen LogP contribution in [0.3, 0.4) is 0 Å². The molecule has 0 saturated carbocycles. The second-order valence-electron chi connectivity index (χ2n) is 3.63. The zero-order valence-corrected chi connectivity index (χ0v) is 13.8. The lowest BCUT2D eigenvalue weighted by Gasteiger charge is -2.14. The van der Waals surface area contributed by atoms with Crippen molar-refractivity contribution in [2.24, 2.45) is 0 Å². The molecule has 0 spiro atoms. The van der Waals surface area contributed by atoms with Gasteiger partial charge in [0.05, 0.1) is 30.3 Å². The van der Waals surface area contributed by atoms with Crippen LogP contribution < -0.4 is 14.8 Å². The predicted molar refractivity (Wildman–Crippen MR) is 82.2 cm³/mol. The summed E-state index contributed by atoms with van der Waals surface area (Å²) in [4.78, 5) is 12.2. The van der Waals surface area contributed by atoms with Gasteiger partial charge in [-0.25, -0.2) is 0 Å². The zero-order valence-electron chi connectivity index (χ0n) is 11.4. The van der Waals surface area contributed by atoms with Crippen LogP contribution in [0.1, 0.15) is 17.3 Å². The molecule has 5 nitrogen and oxygen atoms in total. The fourth-order valence-electron chi connectivity index (χ4n) is 1.48. The minimum Gasteiger partial charge on any atom is -0.497 e. The number of nitriles is 1. The average Bonchev–Trinajstić information content (AvgIpc) is 2.46. The summed E-state index contributed by atoms with van der Waals surface area (Å²) in [6.07, 6.45) is 0. The number of benzene rings is 1. The minimum atomic E-state index is -0.586. The van der Waals surface area contributed by atoms with Crippen LogP contribution in [0.15, 0.2) is 16.6 Å². The standard InChI is InChI=1S/C13H15BrN2O3S/c1-4-20-11(7-15)16-13(17)9-5-8(18-2)6-10(19-3)12(9)14/h5-6,11H,4H2,1-3H3,(H,16,17). The van der Waals surface area contributed by atoms with E-state index in [9.17, 15) is 4.79 Å². The second kappa shape index (κ2) is 8.02. The molecule has 1 rings (SSSR count). The number of carbonyl (C=O) groups is 1. The van der Waals surface area contributed by atoms with Gasteiger partial charge in [0, 0.05) is 6.07 Å². The van der Waals surface area contributed by atoms with Crippen molar-refractivity contribution in [3.8, 4) is 17.6 Å². The third-order valence-electron chi connectivity index (χ3n) is 2.43. The van der Waals surface area contributed by atoms with Crippen molar-refractivity contribution in [1.82, 2.24) is 5.32 Å². The molecule has 7 heteroatoms. The number of halogens is 1. The van der Waals surface area contributed by atoms with Crippen molar-refractivity contribution in [1.29, 1.82) is 5.26 Å². The molecule has 108 valence electrons. The SMILES string of the molecule is CCSC(C#N)NC(=O)c1cc(OC)cc(OC)c1Br. The van der Waals surface area contributed by atoms with Crippen LogP contribution in [0.25, 0.3) is 0 Å². The number of amides is 1. The number of nitrogens with zero attached hydrogens (tertiary/aromatic N) is 1. The molecular formula is C13H15BrN2O3S. The van der Waals surface area contributed by atoms with Crippen molar-refractivity contribution in [2.45, 2.75) is 12.3 Å². The van der Waals surface area contributed by atoms with Gasteiger partial charge in [0.25, 0.3) is 5.91 Å². The first-order valence-electron chi connectivity index (χ1n) is 5.80. The smallest absolute Gasteiger partial charge is 0.254 e. The molecule has 1 aromatic carbocycles. The van der Waals surface area contributed by atoms with Gasteiger partial charge in [-0.15, -0.1) is 11.8 Å². The molecule has 0 bridgehead atoms. The molecule has 0 aliphatic carbocycles. The summed E-state index contributed by atoms with van der Waals surface area (Å²) >= 11 is 4.68. The Hall–Kier alpha value is -1.39. The van der Waals surface area contributed by atoms with Gasteiger partial charge in [-0.3, -0.25) is 4.79 Å². The van der Waals surface area contributed by atoms with E-state index in [1.165, 1.54) is 26.0 Å². The van der Waals surface area contributed by atoms with Gasteiger partial charge in [-0.1, -0.05) is 6.92 Å². The van der Waals surface area contributed by atoms with Gasteiger partial charge in [0.1, 0.15) is 11.5 Å². The molecule has 0 heterocycles. The number of hydrogen-bond acceptors (Lipinski definition) is 5. The van der Waals surface area contributed by atoms with Crippen molar-refractivity contribution in [3.63, 3.8) is 0 Å². The van der Waals surface area contributed by atoms with Gasteiger partial charge < -0.3 is 14.8 Å². The fourth-order valence-corrected chi connectivity index (χ4v) is 2.65. The highest BCUT2D eigenvalue weighted by Crippen LogP contribution is 2.33. The van der Waals surface area contributed by atoms with E-state index in [0.29, 0.717) is 21.5 Å². The van der Waals surface area contributed by atoms with E-state index < -0.39 is 5.37 Å². The summed E-state index contributed by atoms with van der Waals surface area (Å²) in [6, 6.07) is 5.29. The lowest BCUT2D eigenvalue weighted by molar-refractivity contribution is 0.0953. The van der Waals surface area contributed by atoms with Gasteiger partial charge in [-0.2, -0.15) is 5.26 Å². The van der Waals surface area contributed by atoms with Gasteiger partial charge in [0.15, 0.2) is 5.37 Å². The van der Waals surface area contributed by atoms with E-state index in [1.54, 1.807) is 12.1 Å². The number of ether oxygens (including phenoxy) is 2. The maximum absolute atomic E-state index is 12.2. The molecule has 0 aromatic heterocycles. The Morgan fingerprint density at radius 3 is 2.70 bits per heavy atom. The molecule has 0 radical (unpaired) electrons. The molecule has 1 aromatic rings. The normalized spacial score (nSPS) is 11.3. The van der Waals surface area contributed by atoms with Gasteiger partial charge in [0.2, 0.25) is 0 Å². The second-order valence-corrected chi connectivity index (χ2v) is 5.80. The van der Waals surface area contributed by atoms with Crippen LogP contribution in [0.2, 0.25) is 0 Å². The molecule has 20 heavy (non-hydrogen) atoms. The summed E-state index contributed by atoms with van der Waals surface area (Å²) in [5, 5.41) is 11.0. The van der Waals surface area contributed by atoms with Crippen molar-refractivity contribution < 1.29 is 14.3 Å². The molecular weight excluding hydrogens is 344 g/mol. The van der Waals surface area contributed by atoms with Crippen molar-refractivity contribution >= 4 is 33.6 Å². The van der Waals surface area contributed by atoms with E-state index in [0.717, 1.165) is 5.75 Å². The Morgan fingerprint density at radius 1 is 1.50 bits per heavy atom. The Bertz CT molecular complexity index is 531. The molecule has 1 amide bonds. The van der Waals surface area contributed by atoms with Crippen molar-refractivity contribution in [3.05, 3.63) is 22.2 Å². The first-order chi connectivity index (χ1) is 9.57. The van der Waals surface area contributed by atoms with Crippen LogP contribution in [0, 0.1) is 11.3 Å². The zero-order chi connectivity index (χ0) is 15.1. The molecule has 0 aliphatic heterocycles. The first-order valence-corrected chi connectivity index (χ1v) is 7.65. The Balaban J connectivity index is 3.06. The quantitative estimate of drug-likeness (QED) is 0.791. The van der Waals surface area contributed by atoms with E-state index in [2.05, 4.69) is 21.2 Å². The van der Waals surface area contributed by atoms with E-state index in [1.807, 2.05) is 13.0 Å². The fraction of sp³-hybridized carbons (Fsp3) is 0.385. The molecule has 1 unspecified atom stereocenters. The lowest BCUT2D eigenvalue weighted by Crippen LogP contribution is -2.31.